The van der Waals surface area contributed by atoms with Crippen LogP contribution in [0, 0.1) is 0 Å². The molecule has 0 saturated carbocycles. The number of nitrogens with one attached hydrogen (secondary N) is 2. The van der Waals surface area contributed by atoms with Crippen molar-refractivity contribution in [1.29, 1.82) is 0 Å². The molecule has 1 amide bonds. The monoisotopic (exact) mass is 169 g/mol. The summed E-state index contributed by atoms with van der Waals surface area (Å²) in [5.74, 6) is 0.194. The van der Waals surface area contributed by atoms with E-state index in [0.717, 1.165) is 39.1 Å². The number of nitrogens with zero attached hydrogens (tertiary/aromatic N) is 1. The summed E-state index contributed by atoms with van der Waals surface area (Å²) in [5.41, 5.74) is 0. The molecule has 2 aliphatic heterocycles. The summed E-state index contributed by atoms with van der Waals surface area (Å²) in [6.07, 6.45) is 1.09. The van der Waals surface area contributed by atoms with Crippen molar-refractivity contribution in [3.05, 3.63) is 0 Å². The lowest BCUT2D eigenvalue weighted by Gasteiger charge is -2.32. The van der Waals surface area contributed by atoms with Crippen LogP contribution < -0.4 is 10.6 Å². The third-order valence-electron chi connectivity index (χ3n) is 2.58. The summed E-state index contributed by atoms with van der Waals surface area (Å²) in [6.45, 7) is 4.74. The largest absolute Gasteiger partial charge is 0.355 e. The minimum Gasteiger partial charge on any atom is -0.355 e. The number of hydrogen-bond donors (Lipinski definition) is 2. The van der Waals surface area contributed by atoms with Gasteiger partial charge in [0.15, 0.2) is 0 Å². The minimum atomic E-state index is 0.0845. The molecule has 68 valence electrons. The summed E-state index contributed by atoms with van der Waals surface area (Å²) in [7, 11) is 0. The van der Waals surface area contributed by atoms with Gasteiger partial charge in [0.1, 0.15) is 6.04 Å². The van der Waals surface area contributed by atoms with Gasteiger partial charge in [0.25, 0.3) is 0 Å². The van der Waals surface area contributed by atoms with Gasteiger partial charge in [0, 0.05) is 32.7 Å². The highest BCUT2D eigenvalue weighted by Gasteiger charge is 2.29. The topological polar surface area (TPSA) is 44.4 Å². The molecule has 2 heterocycles. The number of carbonyl (C=O) groups is 1. The predicted octanol–water partition coefficient (Wildman–Crippen LogP) is -1.22. The first-order valence-corrected chi connectivity index (χ1v) is 4.60. The third-order valence-corrected chi connectivity index (χ3v) is 2.58. The molecule has 2 N–H and O–H groups in total. The molecule has 2 aliphatic rings. The van der Waals surface area contributed by atoms with Crippen molar-refractivity contribution in [2.24, 2.45) is 0 Å². The van der Waals surface area contributed by atoms with Crippen molar-refractivity contribution >= 4 is 5.91 Å². The summed E-state index contributed by atoms with van der Waals surface area (Å²) in [6, 6.07) is 0.0845. The highest BCUT2D eigenvalue weighted by atomic mass is 16.2. The molecule has 4 nitrogen and oxygen atoms in total. The zero-order chi connectivity index (χ0) is 8.39. The lowest BCUT2D eigenvalue weighted by Crippen LogP contribution is -2.56. The van der Waals surface area contributed by atoms with Gasteiger partial charge in [0.05, 0.1) is 0 Å². The molecule has 0 aliphatic carbocycles. The molecule has 0 aromatic rings. The fraction of sp³-hybridized carbons (Fsp3) is 0.875. The number of carbonyl (C=O) groups excluding carboxylic acids is 1. The van der Waals surface area contributed by atoms with Crippen molar-refractivity contribution in [3.63, 3.8) is 0 Å². The Balaban J connectivity index is 2.06. The first-order valence-electron chi connectivity index (χ1n) is 4.60. The van der Waals surface area contributed by atoms with Gasteiger partial charge in [-0.2, -0.15) is 0 Å². The van der Waals surface area contributed by atoms with E-state index in [0.29, 0.717) is 0 Å². The molecular formula is C8H15N3O. The van der Waals surface area contributed by atoms with Crippen LogP contribution in [0.4, 0.5) is 0 Å². The van der Waals surface area contributed by atoms with Crippen molar-refractivity contribution in [3.8, 4) is 0 Å². The first kappa shape index (κ1) is 8.01. The molecule has 0 aromatic heterocycles. The number of hydrogen-bond acceptors (Lipinski definition) is 3. The van der Waals surface area contributed by atoms with Crippen LogP contribution >= 0.6 is 0 Å². The van der Waals surface area contributed by atoms with Gasteiger partial charge >= 0.3 is 0 Å². The molecule has 0 unspecified atom stereocenters. The molecule has 1 atom stereocenters. The molecule has 0 radical (unpaired) electrons. The summed E-state index contributed by atoms with van der Waals surface area (Å²) < 4.78 is 0. The van der Waals surface area contributed by atoms with E-state index in [-0.39, 0.29) is 11.9 Å². The highest BCUT2D eigenvalue weighted by Crippen LogP contribution is 2.06. The Kier molecular flexibility index (Phi) is 2.28. The van der Waals surface area contributed by atoms with E-state index in [1.165, 1.54) is 0 Å². The van der Waals surface area contributed by atoms with E-state index in [9.17, 15) is 4.79 Å². The second-order valence-electron chi connectivity index (χ2n) is 3.40. The van der Waals surface area contributed by atoms with Crippen molar-refractivity contribution in [2.45, 2.75) is 12.5 Å². The van der Waals surface area contributed by atoms with E-state index in [4.69, 9.17) is 0 Å². The second kappa shape index (κ2) is 3.41. The van der Waals surface area contributed by atoms with Crippen LogP contribution in [0.1, 0.15) is 6.42 Å². The van der Waals surface area contributed by atoms with Gasteiger partial charge in [-0.3, -0.25) is 9.69 Å². The average Bonchev–Trinajstić information content (AvgIpc) is 2.29. The van der Waals surface area contributed by atoms with E-state index in [1.807, 2.05) is 0 Å². The highest BCUT2D eigenvalue weighted by molar-refractivity contribution is 5.82. The molecule has 2 saturated heterocycles. The summed E-state index contributed by atoms with van der Waals surface area (Å²) in [4.78, 5) is 13.7. The molecule has 0 aromatic carbocycles. The maximum atomic E-state index is 11.5. The molecule has 4 heteroatoms. The van der Waals surface area contributed by atoms with Crippen LogP contribution in [0.25, 0.3) is 0 Å². The zero-order valence-corrected chi connectivity index (χ0v) is 7.18. The Labute approximate surface area is 72.3 Å². The van der Waals surface area contributed by atoms with Gasteiger partial charge in [0.2, 0.25) is 5.91 Å². The minimum absolute atomic E-state index is 0.0845. The Morgan fingerprint density at radius 3 is 3.17 bits per heavy atom. The molecular weight excluding hydrogens is 154 g/mol. The van der Waals surface area contributed by atoms with Crippen molar-refractivity contribution < 1.29 is 4.79 Å². The number of piperazine rings is 1. The Bertz CT molecular complexity index is 183. The van der Waals surface area contributed by atoms with Gasteiger partial charge < -0.3 is 10.6 Å². The maximum Gasteiger partial charge on any atom is 0.238 e. The van der Waals surface area contributed by atoms with Crippen LogP contribution in [-0.4, -0.2) is 49.6 Å². The second-order valence-corrected chi connectivity index (χ2v) is 3.40. The van der Waals surface area contributed by atoms with Gasteiger partial charge in [-0.15, -0.1) is 0 Å². The Morgan fingerprint density at radius 2 is 2.25 bits per heavy atom. The first-order chi connectivity index (χ1) is 5.88. The van der Waals surface area contributed by atoms with Crippen LogP contribution in [0.3, 0.4) is 0 Å². The summed E-state index contributed by atoms with van der Waals surface area (Å²) >= 11 is 0. The van der Waals surface area contributed by atoms with E-state index < -0.39 is 0 Å². The Hall–Kier alpha value is -0.610. The SMILES string of the molecule is O=C1NCCCN2CCNC[C@@H]12. The third kappa shape index (κ3) is 1.44. The lowest BCUT2D eigenvalue weighted by atomic mass is 10.2. The van der Waals surface area contributed by atoms with Crippen molar-refractivity contribution in [1.82, 2.24) is 15.5 Å². The lowest BCUT2D eigenvalue weighted by molar-refractivity contribution is -0.125. The fourth-order valence-corrected chi connectivity index (χ4v) is 1.88. The molecule has 2 fully saturated rings. The van der Waals surface area contributed by atoms with Crippen LogP contribution in [0.15, 0.2) is 0 Å². The number of amides is 1. The maximum absolute atomic E-state index is 11.5. The normalized spacial score (nSPS) is 32.0. The molecule has 12 heavy (non-hydrogen) atoms. The van der Waals surface area contributed by atoms with Crippen LogP contribution in [0.2, 0.25) is 0 Å². The van der Waals surface area contributed by atoms with Gasteiger partial charge in [-0.25, -0.2) is 0 Å². The van der Waals surface area contributed by atoms with E-state index in [1.54, 1.807) is 0 Å². The number of rotatable bonds is 0. The zero-order valence-electron chi connectivity index (χ0n) is 7.18. The predicted molar refractivity (Wildman–Crippen MR) is 45.9 cm³/mol. The molecule has 0 bridgehead atoms. The van der Waals surface area contributed by atoms with Crippen LogP contribution in [0.5, 0.6) is 0 Å². The molecule has 2 rings (SSSR count). The van der Waals surface area contributed by atoms with Crippen molar-refractivity contribution in [2.75, 3.05) is 32.7 Å². The Morgan fingerprint density at radius 1 is 1.33 bits per heavy atom. The van der Waals surface area contributed by atoms with Gasteiger partial charge in [-0.1, -0.05) is 0 Å². The smallest absolute Gasteiger partial charge is 0.238 e. The number of fused-ring (bicyclic) bond motifs is 1. The summed E-state index contributed by atoms with van der Waals surface area (Å²) in [5, 5.41) is 6.16. The fourth-order valence-electron chi connectivity index (χ4n) is 1.88. The molecule has 0 spiro atoms. The standard InChI is InChI=1S/C8H15N3O/c12-8-7-6-9-3-5-11(7)4-1-2-10-8/h7,9H,1-6H2,(H,10,12)/t7-/m0/s1. The van der Waals surface area contributed by atoms with E-state index in [2.05, 4.69) is 15.5 Å². The average molecular weight is 169 g/mol. The van der Waals surface area contributed by atoms with E-state index >= 15 is 0 Å². The van der Waals surface area contributed by atoms with Gasteiger partial charge in [-0.05, 0) is 6.42 Å². The quantitative estimate of drug-likeness (QED) is 0.478. The van der Waals surface area contributed by atoms with Crippen LogP contribution in [-0.2, 0) is 4.79 Å².